The zero-order chi connectivity index (χ0) is 12.5. The van der Waals surface area contributed by atoms with Crippen LogP contribution in [0.2, 0.25) is 0 Å². The van der Waals surface area contributed by atoms with Gasteiger partial charge in [-0.1, -0.05) is 5.21 Å². The van der Waals surface area contributed by atoms with Gasteiger partial charge in [-0.2, -0.15) is 13.2 Å². The maximum atomic E-state index is 12.8. The highest BCUT2D eigenvalue weighted by Gasteiger charge is 2.45. The van der Waals surface area contributed by atoms with Crippen LogP contribution in [0.3, 0.4) is 0 Å². The molecule has 1 aromatic heterocycles. The molecule has 1 aromatic rings. The fourth-order valence-corrected chi connectivity index (χ4v) is 2.27. The summed E-state index contributed by atoms with van der Waals surface area (Å²) < 4.78 is 40.0. The van der Waals surface area contributed by atoms with Gasteiger partial charge in [0, 0.05) is 25.7 Å². The van der Waals surface area contributed by atoms with Crippen LogP contribution in [-0.4, -0.2) is 33.8 Å². The van der Waals surface area contributed by atoms with Gasteiger partial charge in [0.15, 0.2) is 0 Å². The van der Waals surface area contributed by atoms with Crippen molar-refractivity contribution in [2.75, 3.05) is 6.54 Å². The number of nitrogens with one attached hydrogen (secondary N) is 1. The number of nitrogens with zero attached hydrogens (tertiary/aromatic N) is 3. The van der Waals surface area contributed by atoms with E-state index in [0.717, 1.165) is 0 Å². The molecule has 0 radical (unpaired) electrons. The molecule has 2 unspecified atom stereocenters. The summed E-state index contributed by atoms with van der Waals surface area (Å²) in [6.45, 7) is 0.636. The van der Waals surface area contributed by atoms with E-state index < -0.39 is 18.1 Å². The Bertz CT molecular complexity index is 374. The summed E-state index contributed by atoms with van der Waals surface area (Å²) in [7, 11) is 1.70. The van der Waals surface area contributed by atoms with Crippen LogP contribution in [0.5, 0.6) is 0 Å². The largest absolute Gasteiger partial charge is 0.393 e. The van der Waals surface area contributed by atoms with Crippen molar-refractivity contribution in [3.8, 4) is 0 Å². The number of aryl methyl sites for hydroxylation is 1. The molecule has 0 aromatic carbocycles. The normalized spacial score (nSPS) is 26.1. The first kappa shape index (κ1) is 12.3. The minimum absolute atomic E-state index is 0.196. The lowest BCUT2D eigenvalue weighted by Gasteiger charge is -2.33. The molecule has 0 bridgehead atoms. The zero-order valence-corrected chi connectivity index (χ0v) is 9.54. The third kappa shape index (κ3) is 2.96. The Labute approximate surface area is 97.2 Å². The number of aromatic nitrogens is 3. The Balaban J connectivity index is 2.06. The van der Waals surface area contributed by atoms with Gasteiger partial charge in [-0.25, -0.2) is 0 Å². The van der Waals surface area contributed by atoms with E-state index in [0.29, 0.717) is 18.7 Å². The number of piperidine rings is 1. The molecule has 1 saturated heterocycles. The second-order valence-electron chi connectivity index (χ2n) is 4.44. The van der Waals surface area contributed by atoms with Crippen LogP contribution < -0.4 is 5.32 Å². The predicted octanol–water partition coefficient (Wildman–Crippen LogP) is 1.29. The van der Waals surface area contributed by atoms with Crippen LogP contribution in [0.15, 0.2) is 6.20 Å². The minimum Gasteiger partial charge on any atom is -0.313 e. The van der Waals surface area contributed by atoms with Gasteiger partial charge in [-0.05, 0) is 19.4 Å². The van der Waals surface area contributed by atoms with E-state index in [4.69, 9.17) is 0 Å². The van der Waals surface area contributed by atoms with Crippen molar-refractivity contribution in [1.29, 1.82) is 0 Å². The van der Waals surface area contributed by atoms with Gasteiger partial charge in [0.25, 0.3) is 0 Å². The molecule has 0 saturated carbocycles. The van der Waals surface area contributed by atoms with E-state index in [9.17, 15) is 13.2 Å². The zero-order valence-electron chi connectivity index (χ0n) is 9.54. The molecule has 2 heterocycles. The van der Waals surface area contributed by atoms with Gasteiger partial charge < -0.3 is 5.32 Å². The van der Waals surface area contributed by atoms with Crippen molar-refractivity contribution in [3.05, 3.63) is 11.9 Å². The van der Waals surface area contributed by atoms with Crippen LogP contribution in [-0.2, 0) is 13.5 Å². The monoisotopic (exact) mass is 248 g/mol. The number of halogens is 3. The van der Waals surface area contributed by atoms with E-state index in [-0.39, 0.29) is 12.8 Å². The lowest BCUT2D eigenvalue weighted by atomic mass is 9.87. The highest BCUT2D eigenvalue weighted by atomic mass is 19.4. The third-order valence-corrected chi connectivity index (χ3v) is 3.08. The molecule has 4 nitrogen and oxygen atoms in total. The van der Waals surface area contributed by atoms with Crippen molar-refractivity contribution in [2.24, 2.45) is 13.0 Å². The SMILES string of the molecule is Cn1cc(CC2NCCCC2C(F)(F)F)nn1. The van der Waals surface area contributed by atoms with Crippen LogP contribution in [0.25, 0.3) is 0 Å². The molecule has 2 atom stereocenters. The Morgan fingerprint density at radius 2 is 2.29 bits per heavy atom. The van der Waals surface area contributed by atoms with Gasteiger partial charge in [0.1, 0.15) is 0 Å². The van der Waals surface area contributed by atoms with Gasteiger partial charge >= 0.3 is 6.18 Å². The lowest BCUT2D eigenvalue weighted by molar-refractivity contribution is -0.188. The molecule has 96 valence electrons. The summed E-state index contributed by atoms with van der Waals surface area (Å²) in [6.07, 6.45) is -1.44. The second kappa shape index (κ2) is 4.64. The first-order chi connectivity index (χ1) is 7.97. The molecule has 1 N–H and O–H groups in total. The standard InChI is InChI=1S/C10H15F3N4/c1-17-6-7(15-16-17)5-9-8(10(11,12)13)3-2-4-14-9/h6,8-9,14H,2-5H2,1H3. The fourth-order valence-electron chi connectivity index (χ4n) is 2.27. The molecule has 1 aliphatic rings. The lowest BCUT2D eigenvalue weighted by Crippen LogP contribution is -2.48. The molecule has 0 amide bonds. The summed E-state index contributed by atoms with van der Waals surface area (Å²) in [5.74, 6) is -1.28. The van der Waals surface area contributed by atoms with Gasteiger partial charge in [0.2, 0.25) is 0 Å². The highest BCUT2D eigenvalue weighted by molar-refractivity contribution is 4.99. The predicted molar refractivity (Wildman–Crippen MR) is 55.3 cm³/mol. The topological polar surface area (TPSA) is 42.7 Å². The van der Waals surface area contributed by atoms with Crippen LogP contribution in [0.4, 0.5) is 13.2 Å². The molecule has 7 heteroatoms. The average Bonchev–Trinajstić information content (AvgIpc) is 2.63. The van der Waals surface area contributed by atoms with Gasteiger partial charge in [-0.3, -0.25) is 4.68 Å². The molecule has 1 fully saturated rings. The van der Waals surface area contributed by atoms with Crippen molar-refractivity contribution in [1.82, 2.24) is 20.3 Å². The summed E-state index contributed by atoms with van der Waals surface area (Å²) in [5, 5.41) is 10.5. The van der Waals surface area contributed by atoms with Crippen molar-refractivity contribution >= 4 is 0 Å². The molecular formula is C10H15F3N4. The first-order valence-electron chi connectivity index (χ1n) is 5.62. The average molecular weight is 248 g/mol. The summed E-state index contributed by atoms with van der Waals surface area (Å²) in [5.41, 5.74) is 0.598. The van der Waals surface area contributed by atoms with Crippen molar-refractivity contribution in [2.45, 2.75) is 31.5 Å². The van der Waals surface area contributed by atoms with E-state index in [1.165, 1.54) is 4.68 Å². The van der Waals surface area contributed by atoms with Crippen LogP contribution >= 0.6 is 0 Å². The molecule has 2 rings (SSSR count). The molecule has 0 spiro atoms. The number of hydrogen-bond donors (Lipinski definition) is 1. The fraction of sp³-hybridized carbons (Fsp3) is 0.800. The summed E-state index contributed by atoms with van der Waals surface area (Å²) >= 11 is 0. The number of alkyl halides is 3. The quantitative estimate of drug-likeness (QED) is 0.857. The summed E-state index contributed by atoms with van der Waals surface area (Å²) in [6, 6.07) is -0.583. The minimum atomic E-state index is -4.14. The number of rotatable bonds is 2. The second-order valence-corrected chi connectivity index (χ2v) is 4.44. The van der Waals surface area contributed by atoms with Gasteiger partial charge in [0.05, 0.1) is 11.6 Å². The van der Waals surface area contributed by atoms with E-state index in [1.807, 2.05) is 0 Å². The molecule has 17 heavy (non-hydrogen) atoms. The third-order valence-electron chi connectivity index (χ3n) is 3.08. The summed E-state index contributed by atoms with van der Waals surface area (Å²) in [4.78, 5) is 0. The Morgan fingerprint density at radius 3 is 2.88 bits per heavy atom. The Hall–Kier alpha value is -1.11. The van der Waals surface area contributed by atoms with Crippen LogP contribution in [0.1, 0.15) is 18.5 Å². The molecule has 0 aliphatic carbocycles. The van der Waals surface area contributed by atoms with Crippen molar-refractivity contribution in [3.63, 3.8) is 0 Å². The maximum absolute atomic E-state index is 12.8. The smallest absolute Gasteiger partial charge is 0.313 e. The van der Waals surface area contributed by atoms with Crippen molar-refractivity contribution < 1.29 is 13.2 Å². The van der Waals surface area contributed by atoms with E-state index in [2.05, 4.69) is 15.6 Å². The molecule has 1 aliphatic heterocycles. The van der Waals surface area contributed by atoms with Crippen LogP contribution in [0, 0.1) is 5.92 Å². The maximum Gasteiger partial charge on any atom is 0.393 e. The molecular weight excluding hydrogens is 233 g/mol. The highest BCUT2D eigenvalue weighted by Crippen LogP contribution is 2.35. The van der Waals surface area contributed by atoms with E-state index >= 15 is 0 Å². The first-order valence-corrected chi connectivity index (χ1v) is 5.62. The number of hydrogen-bond acceptors (Lipinski definition) is 3. The Kier molecular flexibility index (Phi) is 3.37. The Morgan fingerprint density at radius 1 is 1.53 bits per heavy atom. The van der Waals surface area contributed by atoms with E-state index in [1.54, 1.807) is 13.2 Å². The van der Waals surface area contributed by atoms with Gasteiger partial charge in [-0.15, -0.1) is 5.10 Å².